The van der Waals surface area contributed by atoms with Crippen LogP contribution in [-0.4, -0.2) is 48.4 Å². The van der Waals surface area contributed by atoms with Crippen molar-refractivity contribution < 1.29 is 18.7 Å². The zero-order valence-electron chi connectivity index (χ0n) is 21.1. The molecule has 1 aromatic heterocycles. The second kappa shape index (κ2) is 9.63. The molecule has 1 aromatic carbocycles. The number of ether oxygens (including phenoxy) is 2. The molecule has 1 aliphatic carbocycles. The van der Waals surface area contributed by atoms with Gasteiger partial charge in [-0.3, -0.25) is 4.79 Å². The zero-order chi connectivity index (χ0) is 24.8. The molecule has 2 bridgehead atoms. The number of halogens is 1. The number of hydrogen-bond donors (Lipinski definition) is 1. The number of amides is 1. The molecule has 192 valence electrons. The zero-order valence-corrected chi connectivity index (χ0v) is 21.1. The van der Waals surface area contributed by atoms with E-state index in [0.29, 0.717) is 24.0 Å². The summed E-state index contributed by atoms with van der Waals surface area (Å²) in [6.45, 7) is 6.03. The Morgan fingerprint density at radius 1 is 1.17 bits per heavy atom. The Bertz CT molecular complexity index is 1130. The first-order chi connectivity index (χ1) is 17.4. The summed E-state index contributed by atoms with van der Waals surface area (Å²) >= 11 is 0. The predicted molar refractivity (Wildman–Crippen MR) is 137 cm³/mol. The molecule has 5 aliphatic rings. The van der Waals surface area contributed by atoms with Crippen LogP contribution < -0.4 is 15.1 Å². The molecule has 8 heteroatoms. The van der Waals surface area contributed by atoms with E-state index in [4.69, 9.17) is 9.47 Å². The van der Waals surface area contributed by atoms with Crippen molar-refractivity contribution in [2.24, 2.45) is 5.92 Å². The first-order valence-electron chi connectivity index (χ1n) is 13.3. The van der Waals surface area contributed by atoms with Crippen LogP contribution in [0.4, 0.5) is 27.3 Å². The Hall–Kier alpha value is -2.71. The van der Waals surface area contributed by atoms with Crippen LogP contribution in [0, 0.1) is 11.7 Å². The molecule has 7 rings (SSSR count). The summed E-state index contributed by atoms with van der Waals surface area (Å²) in [4.78, 5) is 22.6. The minimum atomic E-state index is -0.398. The van der Waals surface area contributed by atoms with E-state index in [1.807, 2.05) is 11.0 Å². The molecule has 2 aromatic rings. The van der Waals surface area contributed by atoms with Crippen molar-refractivity contribution in [3.8, 4) is 0 Å². The Labute approximate surface area is 212 Å². The van der Waals surface area contributed by atoms with Gasteiger partial charge in [-0.2, -0.15) is 0 Å². The number of rotatable bonds is 4. The number of aromatic nitrogens is 1. The van der Waals surface area contributed by atoms with Crippen LogP contribution in [0.1, 0.15) is 57.9 Å². The number of hydrogen-bond acceptors (Lipinski definition) is 6. The monoisotopic (exact) mass is 494 g/mol. The molecule has 0 spiro atoms. The molecule has 7 nitrogen and oxygen atoms in total. The van der Waals surface area contributed by atoms with Crippen LogP contribution in [-0.2, 0) is 20.8 Å². The third kappa shape index (κ3) is 4.57. The summed E-state index contributed by atoms with van der Waals surface area (Å²) in [5, 5.41) is 3.38. The summed E-state index contributed by atoms with van der Waals surface area (Å²) in [6.07, 6.45) is 7.50. The fourth-order valence-corrected chi connectivity index (χ4v) is 6.24. The molecule has 4 aliphatic heterocycles. The van der Waals surface area contributed by atoms with Gasteiger partial charge in [0.1, 0.15) is 11.6 Å². The normalized spacial score (nSPS) is 27.3. The summed E-state index contributed by atoms with van der Waals surface area (Å²) in [5.74, 6) is 0.222. The lowest BCUT2D eigenvalue weighted by atomic mass is 9.86. The molecule has 1 N–H and O–H groups in total. The third-order valence-electron chi connectivity index (χ3n) is 8.06. The van der Waals surface area contributed by atoms with Gasteiger partial charge in [-0.1, -0.05) is 0 Å². The third-order valence-corrected chi connectivity index (χ3v) is 8.06. The second-order valence-electron chi connectivity index (χ2n) is 10.9. The summed E-state index contributed by atoms with van der Waals surface area (Å²) in [7, 11) is 0. The van der Waals surface area contributed by atoms with Gasteiger partial charge in [0.15, 0.2) is 0 Å². The summed E-state index contributed by atoms with van der Waals surface area (Å²) in [6, 6.07) is 8.10. The highest BCUT2D eigenvalue weighted by Gasteiger charge is 2.37. The number of nitrogens with zero attached hydrogens (tertiary/aromatic N) is 3. The van der Waals surface area contributed by atoms with Gasteiger partial charge in [0.2, 0.25) is 5.91 Å². The minimum Gasteiger partial charge on any atom is -0.376 e. The average molecular weight is 495 g/mol. The van der Waals surface area contributed by atoms with Gasteiger partial charge in [-0.05, 0) is 76.6 Å². The van der Waals surface area contributed by atoms with Crippen molar-refractivity contribution in [1.29, 1.82) is 0 Å². The fourth-order valence-electron chi connectivity index (χ4n) is 6.24. The van der Waals surface area contributed by atoms with Crippen molar-refractivity contribution in [2.75, 3.05) is 28.3 Å². The molecule has 1 amide bonds. The molecule has 0 radical (unpaired) electrons. The van der Waals surface area contributed by atoms with Crippen molar-refractivity contribution in [1.82, 2.24) is 4.98 Å². The molecule has 3 saturated heterocycles. The SMILES string of the molecule is CC(C)OC1CCC(C(=O)N2Cc3cc(F)cnc3Nc3ccc(N4CC5CCC4CO5)cc32)CC1. The lowest BCUT2D eigenvalue weighted by Gasteiger charge is -2.46. The van der Waals surface area contributed by atoms with E-state index < -0.39 is 5.82 Å². The molecule has 2 unspecified atom stereocenters. The van der Waals surface area contributed by atoms with Crippen molar-refractivity contribution >= 4 is 28.8 Å². The lowest BCUT2D eigenvalue weighted by molar-refractivity contribution is -0.124. The second-order valence-corrected chi connectivity index (χ2v) is 10.9. The van der Waals surface area contributed by atoms with Crippen LogP contribution in [0.3, 0.4) is 0 Å². The van der Waals surface area contributed by atoms with Crippen LogP contribution in [0.25, 0.3) is 0 Å². The summed E-state index contributed by atoms with van der Waals surface area (Å²) in [5.41, 5.74) is 3.44. The Kier molecular flexibility index (Phi) is 6.33. The van der Waals surface area contributed by atoms with Gasteiger partial charge < -0.3 is 24.6 Å². The predicted octanol–water partition coefficient (Wildman–Crippen LogP) is 5.16. The number of carbonyl (C=O) groups is 1. The molecule has 1 saturated carbocycles. The number of anilines is 4. The van der Waals surface area contributed by atoms with Crippen molar-refractivity contribution in [2.45, 2.75) is 83.3 Å². The topological polar surface area (TPSA) is 66.9 Å². The number of fused-ring (bicyclic) bond motifs is 5. The van der Waals surface area contributed by atoms with E-state index in [9.17, 15) is 9.18 Å². The number of carbonyl (C=O) groups excluding carboxylic acids is 1. The van der Waals surface area contributed by atoms with Crippen LogP contribution >= 0.6 is 0 Å². The fraction of sp³-hybridized carbons (Fsp3) is 0.571. The van der Waals surface area contributed by atoms with Gasteiger partial charge >= 0.3 is 0 Å². The van der Waals surface area contributed by atoms with E-state index in [1.54, 1.807) is 0 Å². The highest BCUT2D eigenvalue weighted by Crippen LogP contribution is 2.41. The molecule has 36 heavy (non-hydrogen) atoms. The number of morpholine rings is 1. The van der Waals surface area contributed by atoms with Crippen LogP contribution in [0.15, 0.2) is 30.5 Å². The highest BCUT2D eigenvalue weighted by atomic mass is 19.1. The number of benzene rings is 1. The maximum absolute atomic E-state index is 14.2. The van der Waals surface area contributed by atoms with E-state index in [-0.39, 0.29) is 30.1 Å². The van der Waals surface area contributed by atoms with Gasteiger partial charge in [0.25, 0.3) is 0 Å². The van der Waals surface area contributed by atoms with Crippen LogP contribution in [0.5, 0.6) is 0 Å². The lowest BCUT2D eigenvalue weighted by Crippen LogP contribution is -2.54. The van der Waals surface area contributed by atoms with Crippen molar-refractivity contribution in [3.05, 3.63) is 41.8 Å². The van der Waals surface area contributed by atoms with E-state index in [2.05, 4.69) is 41.2 Å². The molecule has 2 atom stereocenters. The van der Waals surface area contributed by atoms with Crippen LogP contribution in [0.2, 0.25) is 0 Å². The largest absolute Gasteiger partial charge is 0.376 e. The van der Waals surface area contributed by atoms with Crippen molar-refractivity contribution in [3.63, 3.8) is 0 Å². The Morgan fingerprint density at radius 2 is 2.00 bits per heavy atom. The summed E-state index contributed by atoms with van der Waals surface area (Å²) < 4.78 is 26.1. The smallest absolute Gasteiger partial charge is 0.230 e. The van der Waals surface area contributed by atoms with E-state index in [1.165, 1.54) is 12.3 Å². The molecule has 4 fully saturated rings. The van der Waals surface area contributed by atoms with Gasteiger partial charge in [-0.15, -0.1) is 0 Å². The molecule has 5 heterocycles. The quantitative estimate of drug-likeness (QED) is 0.633. The average Bonchev–Trinajstić information content (AvgIpc) is 3.05. The standard InChI is InChI=1S/C28H35FN4O3/c1-17(2)36-23-7-3-18(4-8-23)28(34)33-14-19-11-20(29)13-30-27(19)31-25-10-6-21(12-26(25)33)32-15-24-9-5-22(32)16-35-24/h6,10-13,17-18,22-24H,3-5,7-9,14-16H2,1-2H3,(H,30,31). The maximum atomic E-state index is 14.2. The number of pyridine rings is 1. The first-order valence-corrected chi connectivity index (χ1v) is 13.3. The molecular formula is C28H35FN4O3. The first kappa shape index (κ1) is 23.7. The number of piperidine rings is 1. The Balaban J connectivity index is 1.32. The Morgan fingerprint density at radius 3 is 2.69 bits per heavy atom. The van der Waals surface area contributed by atoms with Gasteiger partial charge in [0.05, 0.1) is 55.1 Å². The van der Waals surface area contributed by atoms with E-state index >= 15 is 0 Å². The van der Waals surface area contributed by atoms with E-state index in [0.717, 1.165) is 68.7 Å². The minimum absolute atomic E-state index is 0.0732. The maximum Gasteiger partial charge on any atom is 0.230 e. The number of nitrogens with one attached hydrogen (secondary N) is 1. The molecular weight excluding hydrogens is 459 g/mol. The van der Waals surface area contributed by atoms with Gasteiger partial charge in [0, 0.05) is 23.7 Å². The van der Waals surface area contributed by atoms with Gasteiger partial charge in [-0.25, -0.2) is 9.37 Å². The highest BCUT2D eigenvalue weighted by molar-refractivity contribution is 6.00.